The maximum atomic E-state index is 12.8. The van der Waals surface area contributed by atoms with Gasteiger partial charge in [-0.05, 0) is 30.2 Å². The summed E-state index contributed by atoms with van der Waals surface area (Å²) in [6.07, 6.45) is 1.74. The van der Waals surface area contributed by atoms with E-state index < -0.39 is 11.7 Å². The van der Waals surface area contributed by atoms with Crippen LogP contribution in [0.5, 0.6) is 5.75 Å². The van der Waals surface area contributed by atoms with Crippen LogP contribution in [-0.4, -0.2) is 35.0 Å². The second-order valence-electron chi connectivity index (χ2n) is 7.47. The molecule has 1 fully saturated rings. The van der Waals surface area contributed by atoms with Crippen LogP contribution in [-0.2, 0) is 24.0 Å². The van der Waals surface area contributed by atoms with E-state index in [1.54, 1.807) is 18.6 Å². The van der Waals surface area contributed by atoms with Crippen LogP contribution in [0.4, 0.5) is 13.2 Å². The summed E-state index contributed by atoms with van der Waals surface area (Å²) in [6, 6.07) is 6.94. The topological polar surface area (TPSA) is 72.1 Å². The van der Waals surface area contributed by atoms with E-state index in [0.717, 1.165) is 48.6 Å². The Morgan fingerprint density at radius 1 is 1.10 bits per heavy atom. The van der Waals surface area contributed by atoms with Crippen molar-refractivity contribution in [1.29, 1.82) is 0 Å². The zero-order valence-corrected chi connectivity index (χ0v) is 16.8. The van der Waals surface area contributed by atoms with E-state index in [2.05, 4.69) is 20.5 Å². The highest BCUT2D eigenvalue weighted by atomic mass is 19.4. The number of H-pyrrole nitrogens is 1. The molecular formula is C22H23F3N4O2. The Bertz CT molecular complexity index is 983. The summed E-state index contributed by atoms with van der Waals surface area (Å²) < 4.78 is 49.7. The van der Waals surface area contributed by atoms with Crippen molar-refractivity contribution in [2.75, 3.05) is 19.8 Å². The first-order valence-electron chi connectivity index (χ1n) is 10.0. The van der Waals surface area contributed by atoms with Crippen LogP contribution in [0.1, 0.15) is 23.1 Å². The highest BCUT2D eigenvalue weighted by Crippen LogP contribution is 2.31. The molecule has 9 heteroatoms. The van der Waals surface area contributed by atoms with Crippen molar-refractivity contribution in [3.63, 3.8) is 0 Å². The monoisotopic (exact) mass is 432 g/mol. The first-order chi connectivity index (χ1) is 15.0. The van der Waals surface area contributed by atoms with E-state index in [9.17, 15) is 13.2 Å². The van der Waals surface area contributed by atoms with Gasteiger partial charge < -0.3 is 14.8 Å². The van der Waals surface area contributed by atoms with Crippen LogP contribution >= 0.6 is 0 Å². The first kappa shape index (κ1) is 21.3. The molecule has 1 unspecified atom stereocenters. The van der Waals surface area contributed by atoms with Gasteiger partial charge in [-0.1, -0.05) is 12.1 Å². The predicted octanol–water partition coefficient (Wildman–Crippen LogP) is 4.20. The van der Waals surface area contributed by atoms with Crippen LogP contribution in [0.2, 0.25) is 0 Å². The van der Waals surface area contributed by atoms with Gasteiger partial charge in [-0.25, -0.2) is 0 Å². The summed E-state index contributed by atoms with van der Waals surface area (Å²) in [5.74, 6) is 1.13. The van der Waals surface area contributed by atoms with E-state index in [0.29, 0.717) is 36.9 Å². The largest absolute Gasteiger partial charge is 0.491 e. The number of halogens is 3. The Morgan fingerprint density at radius 3 is 2.65 bits per heavy atom. The highest BCUT2D eigenvalue weighted by Gasteiger charge is 2.30. The first-order valence-corrected chi connectivity index (χ1v) is 10.0. The number of nitrogens with zero attached hydrogens (tertiary/aromatic N) is 2. The lowest BCUT2D eigenvalue weighted by molar-refractivity contribution is -0.137. The van der Waals surface area contributed by atoms with Crippen molar-refractivity contribution >= 4 is 0 Å². The molecule has 3 heterocycles. The molecule has 4 rings (SSSR count). The Labute approximate surface area is 177 Å². The van der Waals surface area contributed by atoms with Gasteiger partial charge in [0, 0.05) is 42.9 Å². The van der Waals surface area contributed by atoms with Crippen molar-refractivity contribution in [3.05, 3.63) is 65.6 Å². The van der Waals surface area contributed by atoms with E-state index in [1.165, 1.54) is 12.1 Å². The smallest absolute Gasteiger partial charge is 0.416 e. The number of hydrogen-bond donors (Lipinski definition) is 2. The average molecular weight is 432 g/mol. The molecule has 1 aliphatic rings. The van der Waals surface area contributed by atoms with Gasteiger partial charge in [0.25, 0.3) is 0 Å². The third-order valence-electron chi connectivity index (χ3n) is 5.22. The van der Waals surface area contributed by atoms with Gasteiger partial charge in [-0.15, -0.1) is 0 Å². The molecule has 2 aromatic heterocycles. The zero-order chi connectivity index (χ0) is 21.7. The van der Waals surface area contributed by atoms with E-state index in [4.69, 9.17) is 9.47 Å². The van der Waals surface area contributed by atoms with Crippen molar-refractivity contribution in [2.24, 2.45) is 5.92 Å². The minimum Gasteiger partial charge on any atom is -0.491 e. The fraction of sp³-hybridized carbons (Fsp3) is 0.364. The number of alkyl halides is 3. The van der Waals surface area contributed by atoms with Gasteiger partial charge >= 0.3 is 6.18 Å². The summed E-state index contributed by atoms with van der Waals surface area (Å²) in [4.78, 5) is 4.15. The van der Waals surface area contributed by atoms with Gasteiger partial charge in [-0.2, -0.15) is 18.3 Å². The molecule has 6 nitrogen and oxygen atoms in total. The Balaban J connectivity index is 1.36. The number of benzene rings is 1. The van der Waals surface area contributed by atoms with Crippen molar-refractivity contribution in [2.45, 2.75) is 25.7 Å². The van der Waals surface area contributed by atoms with Gasteiger partial charge in [0.2, 0.25) is 0 Å². The summed E-state index contributed by atoms with van der Waals surface area (Å²) in [5, 5.41) is 10.3. The number of ether oxygens (including phenoxy) is 2. The molecule has 1 atom stereocenters. The van der Waals surface area contributed by atoms with Gasteiger partial charge in [-0.3, -0.25) is 10.1 Å². The van der Waals surface area contributed by atoms with E-state index in [1.807, 2.05) is 6.07 Å². The number of aromatic amines is 1. The Hall–Kier alpha value is -2.91. The second kappa shape index (κ2) is 9.49. The highest BCUT2D eigenvalue weighted by molar-refractivity contribution is 5.63. The predicted molar refractivity (Wildman–Crippen MR) is 108 cm³/mol. The SMILES string of the molecule is FC(F)(F)c1ccc(-c2[nH]ncc2CNCc2ccncc2OCC2CCOC2)cc1. The summed E-state index contributed by atoms with van der Waals surface area (Å²) in [7, 11) is 0. The molecule has 1 saturated heterocycles. The lowest BCUT2D eigenvalue weighted by atomic mass is 10.1. The normalized spacial score (nSPS) is 16.5. The molecule has 0 bridgehead atoms. The fourth-order valence-corrected chi connectivity index (χ4v) is 3.46. The third-order valence-corrected chi connectivity index (χ3v) is 5.22. The molecule has 31 heavy (non-hydrogen) atoms. The summed E-state index contributed by atoms with van der Waals surface area (Å²) in [5.41, 5.74) is 2.50. The molecule has 0 aliphatic carbocycles. The van der Waals surface area contributed by atoms with Gasteiger partial charge in [0.05, 0.1) is 36.9 Å². The van der Waals surface area contributed by atoms with Crippen LogP contribution in [0.15, 0.2) is 48.9 Å². The number of pyridine rings is 1. The molecular weight excluding hydrogens is 409 g/mol. The molecule has 3 aromatic rings. The van der Waals surface area contributed by atoms with Gasteiger partial charge in [0.15, 0.2) is 0 Å². The lowest BCUT2D eigenvalue weighted by Gasteiger charge is -2.14. The maximum absolute atomic E-state index is 12.8. The minimum atomic E-state index is -4.36. The van der Waals surface area contributed by atoms with Crippen LogP contribution in [0.25, 0.3) is 11.3 Å². The molecule has 2 N–H and O–H groups in total. The lowest BCUT2D eigenvalue weighted by Crippen LogP contribution is -2.16. The second-order valence-corrected chi connectivity index (χ2v) is 7.47. The van der Waals surface area contributed by atoms with E-state index in [-0.39, 0.29) is 0 Å². The van der Waals surface area contributed by atoms with Crippen LogP contribution in [0.3, 0.4) is 0 Å². The quantitative estimate of drug-likeness (QED) is 0.558. The van der Waals surface area contributed by atoms with Gasteiger partial charge in [0.1, 0.15) is 5.75 Å². The van der Waals surface area contributed by atoms with Crippen LogP contribution < -0.4 is 10.1 Å². The number of aromatic nitrogens is 3. The third kappa shape index (κ3) is 5.42. The minimum absolute atomic E-state index is 0.401. The van der Waals surface area contributed by atoms with Crippen molar-refractivity contribution < 1.29 is 22.6 Å². The average Bonchev–Trinajstić information content (AvgIpc) is 3.45. The molecule has 0 radical (unpaired) electrons. The maximum Gasteiger partial charge on any atom is 0.416 e. The molecule has 0 saturated carbocycles. The summed E-state index contributed by atoms with van der Waals surface area (Å²) in [6.45, 7) is 3.14. The molecule has 1 aromatic carbocycles. The molecule has 1 aliphatic heterocycles. The Kier molecular flexibility index (Phi) is 6.53. The number of hydrogen-bond acceptors (Lipinski definition) is 5. The molecule has 164 valence electrons. The fourth-order valence-electron chi connectivity index (χ4n) is 3.46. The Morgan fingerprint density at radius 2 is 1.90 bits per heavy atom. The standard InChI is InChI=1S/C22H23F3N4O2/c23-22(24,25)19-3-1-16(2-4-19)21-18(11-28-29-21)10-27-9-17-5-7-26-12-20(17)31-14-15-6-8-30-13-15/h1-5,7,11-12,15,27H,6,8-10,13-14H2,(H,28,29). The summed E-state index contributed by atoms with van der Waals surface area (Å²) >= 11 is 0. The molecule has 0 amide bonds. The number of nitrogens with one attached hydrogen (secondary N) is 2. The molecule has 0 spiro atoms. The number of rotatable bonds is 8. The van der Waals surface area contributed by atoms with Crippen LogP contribution in [0, 0.1) is 5.92 Å². The van der Waals surface area contributed by atoms with Crippen molar-refractivity contribution in [3.8, 4) is 17.0 Å². The zero-order valence-electron chi connectivity index (χ0n) is 16.8. The van der Waals surface area contributed by atoms with Crippen molar-refractivity contribution in [1.82, 2.24) is 20.5 Å². The van der Waals surface area contributed by atoms with E-state index >= 15 is 0 Å².